The molecule has 1 saturated carbocycles. The summed E-state index contributed by atoms with van der Waals surface area (Å²) in [7, 11) is 1.38. The zero-order chi connectivity index (χ0) is 21.2. The molecule has 3 rings (SSSR count). The Kier molecular flexibility index (Phi) is 5.53. The van der Waals surface area contributed by atoms with E-state index in [1.807, 2.05) is 0 Å². The number of aromatic nitrogens is 1. The van der Waals surface area contributed by atoms with Gasteiger partial charge in [-0.15, -0.1) is 0 Å². The third kappa shape index (κ3) is 4.89. The SMILES string of the molecule is CNC(=O)c1cnc(NC(=O)C2CC2)cc1NC(=O)c1cccc(C(F)(F)F)c1. The maximum absolute atomic E-state index is 12.9. The molecular formula is C19H17F3N4O3. The van der Waals surface area contributed by atoms with E-state index in [-0.39, 0.29) is 34.5 Å². The van der Waals surface area contributed by atoms with E-state index in [2.05, 4.69) is 20.9 Å². The molecule has 1 aliphatic carbocycles. The van der Waals surface area contributed by atoms with Gasteiger partial charge in [-0.1, -0.05) is 6.07 Å². The van der Waals surface area contributed by atoms with E-state index >= 15 is 0 Å². The molecule has 0 radical (unpaired) electrons. The van der Waals surface area contributed by atoms with Gasteiger partial charge in [-0.05, 0) is 31.0 Å². The first-order valence-corrected chi connectivity index (χ1v) is 8.70. The van der Waals surface area contributed by atoms with Gasteiger partial charge >= 0.3 is 6.18 Å². The number of amides is 3. The summed E-state index contributed by atoms with van der Waals surface area (Å²) in [6.07, 6.45) is -1.87. The third-order valence-corrected chi connectivity index (χ3v) is 4.28. The second kappa shape index (κ2) is 7.90. The van der Waals surface area contributed by atoms with Crippen molar-refractivity contribution in [3.8, 4) is 0 Å². The Hall–Kier alpha value is -3.43. The van der Waals surface area contributed by atoms with Crippen molar-refractivity contribution < 1.29 is 27.6 Å². The number of nitrogens with one attached hydrogen (secondary N) is 3. The quantitative estimate of drug-likeness (QED) is 0.711. The summed E-state index contributed by atoms with van der Waals surface area (Å²) in [6, 6.07) is 5.19. The highest BCUT2D eigenvalue weighted by Gasteiger charge is 2.31. The Morgan fingerprint density at radius 1 is 1.07 bits per heavy atom. The van der Waals surface area contributed by atoms with Crippen LogP contribution in [0.1, 0.15) is 39.1 Å². The molecule has 152 valence electrons. The van der Waals surface area contributed by atoms with Crippen LogP contribution in [-0.4, -0.2) is 29.8 Å². The van der Waals surface area contributed by atoms with Crippen LogP contribution in [0.3, 0.4) is 0 Å². The van der Waals surface area contributed by atoms with Crippen LogP contribution in [0.25, 0.3) is 0 Å². The van der Waals surface area contributed by atoms with Crippen LogP contribution in [0.15, 0.2) is 36.5 Å². The van der Waals surface area contributed by atoms with Crippen LogP contribution in [0, 0.1) is 5.92 Å². The fraction of sp³-hybridized carbons (Fsp3) is 0.263. The molecule has 1 aromatic carbocycles. The molecule has 3 amide bonds. The molecule has 0 unspecified atom stereocenters. The summed E-state index contributed by atoms with van der Waals surface area (Å²) in [4.78, 5) is 40.4. The Labute approximate surface area is 163 Å². The van der Waals surface area contributed by atoms with Gasteiger partial charge in [-0.3, -0.25) is 14.4 Å². The fourth-order valence-corrected chi connectivity index (χ4v) is 2.55. The number of anilines is 2. The maximum Gasteiger partial charge on any atom is 0.416 e. The largest absolute Gasteiger partial charge is 0.416 e. The lowest BCUT2D eigenvalue weighted by atomic mass is 10.1. The molecule has 10 heteroatoms. The number of alkyl halides is 3. The van der Waals surface area contributed by atoms with Crippen LogP contribution in [0.4, 0.5) is 24.7 Å². The Morgan fingerprint density at radius 3 is 2.41 bits per heavy atom. The van der Waals surface area contributed by atoms with Crippen LogP contribution in [-0.2, 0) is 11.0 Å². The van der Waals surface area contributed by atoms with E-state index < -0.39 is 23.6 Å². The zero-order valence-electron chi connectivity index (χ0n) is 15.3. The summed E-state index contributed by atoms with van der Waals surface area (Å²) >= 11 is 0. The number of hydrogen-bond acceptors (Lipinski definition) is 4. The predicted molar refractivity (Wildman–Crippen MR) is 98.4 cm³/mol. The number of benzene rings is 1. The summed E-state index contributed by atoms with van der Waals surface area (Å²) in [5.41, 5.74) is -1.20. The molecule has 1 aromatic heterocycles. The average molecular weight is 406 g/mol. The number of nitrogens with zero attached hydrogens (tertiary/aromatic N) is 1. The van der Waals surface area contributed by atoms with Crippen LogP contribution in [0.2, 0.25) is 0 Å². The van der Waals surface area contributed by atoms with Gasteiger partial charge in [-0.2, -0.15) is 13.2 Å². The molecule has 1 fully saturated rings. The fourth-order valence-electron chi connectivity index (χ4n) is 2.55. The Morgan fingerprint density at radius 2 is 1.79 bits per heavy atom. The molecular weight excluding hydrogens is 389 g/mol. The second-order valence-electron chi connectivity index (χ2n) is 6.49. The minimum atomic E-state index is -4.60. The maximum atomic E-state index is 12.9. The van der Waals surface area contributed by atoms with Crippen molar-refractivity contribution in [1.82, 2.24) is 10.3 Å². The highest BCUT2D eigenvalue weighted by atomic mass is 19.4. The summed E-state index contributed by atoms with van der Waals surface area (Å²) in [5, 5.41) is 7.40. The molecule has 2 aromatic rings. The van der Waals surface area contributed by atoms with Gasteiger partial charge < -0.3 is 16.0 Å². The highest BCUT2D eigenvalue weighted by molar-refractivity contribution is 6.09. The van der Waals surface area contributed by atoms with Gasteiger partial charge in [0.2, 0.25) is 5.91 Å². The van der Waals surface area contributed by atoms with Gasteiger partial charge in [0.25, 0.3) is 11.8 Å². The van der Waals surface area contributed by atoms with E-state index in [0.29, 0.717) is 6.07 Å². The molecule has 0 spiro atoms. The first-order valence-electron chi connectivity index (χ1n) is 8.70. The molecule has 29 heavy (non-hydrogen) atoms. The normalized spacial score (nSPS) is 13.5. The van der Waals surface area contributed by atoms with Crippen molar-refractivity contribution >= 4 is 29.2 Å². The zero-order valence-corrected chi connectivity index (χ0v) is 15.3. The van der Waals surface area contributed by atoms with E-state index in [1.54, 1.807) is 0 Å². The lowest BCUT2D eigenvalue weighted by Gasteiger charge is -2.13. The van der Waals surface area contributed by atoms with Crippen molar-refractivity contribution in [1.29, 1.82) is 0 Å². The van der Waals surface area contributed by atoms with Gasteiger partial charge in [0.05, 0.1) is 16.8 Å². The molecule has 0 saturated heterocycles. The summed E-state index contributed by atoms with van der Waals surface area (Å²) < 4.78 is 38.7. The molecule has 1 heterocycles. The smallest absolute Gasteiger partial charge is 0.355 e. The van der Waals surface area contributed by atoms with E-state index in [9.17, 15) is 27.6 Å². The molecule has 0 bridgehead atoms. The highest BCUT2D eigenvalue weighted by Crippen LogP contribution is 2.31. The minimum Gasteiger partial charge on any atom is -0.355 e. The van der Waals surface area contributed by atoms with E-state index in [4.69, 9.17) is 0 Å². The molecule has 0 aliphatic heterocycles. The first kappa shape index (κ1) is 20.3. The Bertz CT molecular complexity index is 971. The van der Waals surface area contributed by atoms with Crippen LogP contribution >= 0.6 is 0 Å². The second-order valence-corrected chi connectivity index (χ2v) is 6.49. The number of halogens is 3. The van der Waals surface area contributed by atoms with Gasteiger partial charge in [0.15, 0.2) is 0 Å². The van der Waals surface area contributed by atoms with Gasteiger partial charge in [0.1, 0.15) is 5.82 Å². The molecule has 0 atom stereocenters. The van der Waals surface area contributed by atoms with Crippen LogP contribution < -0.4 is 16.0 Å². The van der Waals surface area contributed by atoms with Gasteiger partial charge in [-0.25, -0.2) is 4.98 Å². The number of hydrogen-bond donors (Lipinski definition) is 3. The lowest BCUT2D eigenvalue weighted by molar-refractivity contribution is -0.137. The van der Waals surface area contributed by atoms with E-state index in [0.717, 1.165) is 25.0 Å². The number of pyridine rings is 1. The molecule has 3 N–H and O–H groups in total. The lowest BCUT2D eigenvalue weighted by Crippen LogP contribution is -2.23. The monoisotopic (exact) mass is 406 g/mol. The van der Waals surface area contributed by atoms with Crippen molar-refractivity contribution in [2.75, 3.05) is 17.7 Å². The number of carbonyl (C=O) groups excluding carboxylic acids is 3. The van der Waals surface area contributed by atoms with Crippen LogP contribution in [0.5, 0.6) is 0 Å². The first-order chi connectivity index (χ1) is 13.7. The van der Waals surface area contributed by atoms with Crippen molar-refractivity contribution in [3.05, 3.63) is 53.2 Å². The standard InChI is InChI=1S/C19H17F3N4O3/c1-23-18(29)13-9-24-15(26-16(27)10-5-6-10)8-14(13)25-17(28)11-3-2-4-12(7-11)19(20,21)22/h2-4,7-10H,5-6H2,1H3,(H,23,29)(H2,24,25,26,27,28). The molecule has 1 aliphatic rings. The third-order valence-electron chi connectivity index (χ3n) is 4.28. The number of rotatable bonds is 5. The molecule has 7 nitrogen and oxygen atoms in total. The number of carbonyl (C=O) groups is 3. The van der Waals surface area contributed by atoms with Crippen molar-refractivity contribution in [2.45, 2.75) is 19.0 Å². The van der Waals surface area contributed by atoms with E-state index in [1.165, 1.54) is 25.4 Å². The van der Waals surface area contributed by atoms with Crippen molar-refractivity contribution in [2.24, 2.45) is 5.92 Å². The summed E-state index contributed by atoms with van der Waals surface area (Å²) in [6.45, 7) is 0. The average Bonchev–Trinajstić information content (AvgIpc) is 3.52. The van der Waals surface area contributed by atoms with Crippen molar-refractivity contribution in [3.63, 3.8) is 0 Å². The Balaban J connectivity index is 1.88. The van der Waals surface area contributed by atoms with Gasteiger partial charge in [0, 0.05) is 30.8 Å². The topological polar surface area (TPSA) is 100 Å². The predicted octanol–water partition coefficient (Wildman–Crippen LogP) is 3.06. The summed E-state index contributed by atoms with van der Waals surface area (Å²) in [5.74, 6) is -1.59. The minimum absolute atomic E-state index is 0.00255.